The van der Waals surface area contributed by atoms with Crippen LogP contribution in [0.1, 0.15) is 34.2 Å². The maximum absolute atomic E-state index is 13.5. The Hall–Kier alpha value is -5.66. The number of anilines is 2. The number of benzene rings is 5. The van der Waals surface area contributed by atoms with Gasteiger partial charge >= 0.3 is 0 Å². The Balaban J connectivity index is 1.35. The van der Waals surface area contributed by atoms with Crippen molar-refractivity contribution in [3.05, 3.63) is 186 Å². The third-order valence-corrected chi connectivity index (χ3v) is 7.84. The number of nitrogens with zero attached hydrogens (tertiary/aromatic N) is 4. The zero-order valence-electron chi connectivity index (χ0n) is 23.6. The standard InChI is InChI=1S/C37H28FN5O/c38-30-22-20-26(21-23-30)34(44)36-40-32-19-11-10-18-31(32)35(42-36)41-33-24-43(25-39-33)37(27-12-4-1-5-13-27,28-14-6-2-7-15-28)29-16-8-3-9-17-29/h1-25,34,44H,(H,40,41,42). The number of fused-ring (bicyclic) bond motifs is 1. The first kappa shape index (κ1) is 27.2. The monoisotopic (exact) mass is 577 g/mol. The molecule has 214 valence electrons. The van der Waals surface area contributed by atoms with Crippen LogP contribution in [-0.4, -0.2) is 24.6 Å². The fourth-order valence-electron chi connectivity index (χ4n) is 5.78. The lowest BCUT2D eigenvalue weighted by Gasteiger charge is -2.37. The quantitative estimate of drug-likeness (QED) is 0.182. The number of halogens is 1. The van der Waals surface area contributed by atoms with E-state index in [9.17, 15) is 9.50 Å². The van der Waals surface area contributed by atoms with E-state index in [0.29, 0.717) is 22.7 Å². The van der Waals surface area contributed by atoms with Crippen LogP contribution in [0.2, 0.25) is 0 Å². The van der Waals surface area contributed by atoms with Crippen LogP contribution >= 0.6 is 0 Å². The first-order valence-corrected chi connectivity index (χ1v) is 14.3. The van der Waals surface area contributed by atoms with E-state index in [4.69, 9.17) is 9.97 Å². The molecule has 0 aliphatic carbocycles. The van der Waals surface area contributed by atoms with Gasteiger partial charge in [0.15, 0.2) is 5.82 Å². The molecule has 6 nitrogen and oxygen atoms in total. The Labute approximate surface area is 254 Å². The lowest BCUT2D eigenvalue weighted by Crippen LogP contribution is -2.36. The maximum Gasteiger partial charge on any atom is 0.164 e. The normalized spacial score (nSPS) is 12.2. The van der Waals surface area contributed by atoms with Gasteiger partial charge in [-0.15, -0.1) is 0 Å². The second-order valence-electron chi connectivity index (χ2n) is 10.5. The van der Waals surface area contributed by atoms with Crippen LogP contribution in [0.4, 0.5) is 16.0 Å². The molecular weight excluding hydrogens is 549 g/mol. The lowest BCUT2D eigenvalue weighted by molar-refractivity contribution is 0.210. The van der Waals surface area contributed by atoms with E-state index in [2.05, 4.69) is 51.3 Å². The van der Waals surface area contributed by atoms with E-state index in [1.807, 2.05) is 91.4 Å². The number of hydrogen-bond acceptors (Lipinski definition) is 5. The summed E-state index contributed by atoms with van der Waals surface area (Å²) < 4.78 is 15.7. The summed E-state index contributed by atoms with van der Waals surface area (Å²) in [7, 11) is 0. The van der Waals surface area contributed by atoms with Gasteiger partial charge in [0.25, 0.3) is 0 Å². The number of imidazole rings is 1. The Morgan fingerprint density at radius 1 is 0.659 bits per heavy atom. The minimum absolute atomic E-state index is 0.199. The molecule has 0 bridgehead atoms. The summed E-state index contributed by atoms with van der Waals surface area (Å²) in [5, 5.41) is 15.3. The molecule has 7 heteroatoms. The Morgan fingerprint density at radius 3 is 1.80 bits per heavy atom. The second-order valence-corrected chi connectivity index (χ2v) is 10.5. The number of aliphatic hydroxyl groups excluding tert-OH is 1. The van der Waals surface area contributed by atoms with Gasteiger partial charge in [0.05, 0.1) is 11.8 Å². The van der Waals surface area contributed by atoms with Crippen LogP contribution in [0.25, 0.3) is 10.9 Å². The average Bonchev–Trinajstić information content (AvgIpc) is 3.55. The highest BCUT2D eigenvalue weighted by Crippen LogP contribution is 2.41. The lowest BCUT2D eigenvalue weighted by atomic mass is 9.77. The number of rotatable bonds is 8. The van der Waals surface area contributed by atoms with Crippen molar-refractivity contribution in [1.29, 1.82) is 0 Å². The maximum atomic E-state index is 13.5. The molecular formula is C37H28FN5O. The van der Waals surface area contributed by atoms with E-state index in [1.54, 1.807) is 0 Å². The summed E-state index contributed by atoms with van der Waals surface area (Å²) in [5.41, 5.74) is 3.69. The first-order chi connectivity index (χ1) is 21.6. The smallest absolute Gasteiger partial charge is 0.164 e. The van der Waals surface area contributed by atoms with E-state index in [-0.39, 0.29) is 11.6 Å². The third kappa shape index (κ3) is 4.89. The van der Waals surface area contributed by atoms with Crippen molar-refractivity contribution >= 4 is 22.5 Å². The van der Waals surface area contributed by atoms with Gasteiger partial charge in [-0.1, -0.05) is 115 Å². The van der Waals surface area contributed by atoms with Crippen LogP contribution in [0.5, 0.6) is 0 Å². The zero-order chi connectivity index (χ0) is 29.9. The molecule has 0 radical (unpaired) electrons. The molecule has 0 saturated carbocycles. The highest BCUT2D eigenvalue weighted by Gasteiger charge is 2.38. The van der Waals surface area contributed by atoms with Crippen molar-refractivity contribution in [3.8, 4) is 0 Å². The number of aliphatic hydroxyl groups is 1. The van der Waals surface area contributed by atoms with E-state index >= 15 is 0 Å². The summed E-state index contributed by atoms with van der Waals surface area (Å²) in [6, 6.07) is 44.4. The predicted octanol–water partition coefficient (Wildman–Crippen LogP) is 7.63. The van der Waals surface area contributed by atoms with Gasteiger partial charge in [-0.05, 0) is 46.5 Å². The molecule has 7 rings (SSSR count). The van der Waals surface area contributed by atoms with Crippen LogP contribution in [0.15, 0.2) is 152 Å². The molecule has 1 unspecified atom stereocenters. The van der Waals surface area contributed by atoms with Crippen LogP contribution < -0.4 is 5.32 Å². The fourth-order valence-corrected chi connectivity index (χ4v) is 5.78. The van der Waals surface area contributed by atoms with Crippen LogP contribution in [0.3, 0.4) is 0 Å². The number of aromatic nitrogens is 4. The van der Waals surface area contributed by atoms with Crippen molar-refractivity contribution in [3.63, 3.8) is 0 Å². The second kappa shape index (κ2) is 11.6. The largest absolute Gasteiger partial charge is 0.380 e. The average molecular weight is 578 g/mol. The molecule has 7 aromatic rings. The number of hydrogen-bond donors (Lipinski definition) is 2. The number of para-hydroxylation sites is 1. The SMILES string of the molecule is OC(c1ccc(F)cc1)c1nc(Nc2cn(C(c3ccccc3)(c3ccccc3)c3ccccc3)cn2)c2ccccc2n1. The van der Waals surface area contributed by atoms with Crippen LogP contribution in [0, 0.1) is 5.82 Å². The topological polar surface area (TPSA) is 75.9 Å². The molecule has 5 aromatic carbocycles. The Bertz CT molecular complexity index is 1920. The Morgan fingerprint density at radius 2 is 1.20 bits per heavy atom. The van der Waals surface area contributed by atoms with Crippen LogP contribution in [-0.2, 0) is 5.54 Å². The van der Waals surface area contributed by atoms with Gasteiger partial charge in [0.1, 0.15) is 29.1 Å². The molecule has 0 aliphatic heterocycles. The van der Waals surface area contributed by atoms with Crippen molar-refractivity contribution < 1.29 is 9.50 Å². The van der Waals surface area contributed by atoms with E-state index in [1.165, 1.54) is 24.3 Å². The molecule has 2 heterocycles. The molecule has 44 heavy (non-hydrogen) atoms. The first-order valence-electron chi connectivity index (χ1n) is 14.3. The molecule has 2 aromatic heterocycles. The summed E-state index contributed by atoms with van der Waals surface area (Å²) in [5.74, 6) is 0.894. The summed E-state index contributed by atoms with van der Waals surface area (Å²) in [6.45, 7) is 0. The number of nitrogens with one attached hydrogen (secondary N) is 1. The summed E-state index contributed by atoms with van der Waals surface area (Å²) in [6.07, 6.45) is 2.66. The van der Waals surface area contributed by atoms with Gasteiger partial charge in [-0.3, -0.25) is 0 Å². The molecule has 0 amide bonds. The summed E-state index contributed by atoms with van der Waals surface area (Å²) >= 11 is 0. The molecule has 1 atom stereocenters. The van der Waals surface area contributed by atoms with Gasteiger partial charge in [0, 0.05) is 11.6 Å². The minimum Gasteiger partial charge on any atom is -0.380 e. The van der Waals surface area contributed by atoms with Gasteiger partial charge in [-0.25, -0.2) is 19.3 Å². The molecule has 0 saturated heterocycles. The Kier molecular flexibility index (Phi) is 7.14. The van der Waals surface area contributed by atoms with Gasteiger partial charge < -0.3 is 15.0 Å². The van der Waals surface area contributed by atoms with Crippen molar-refractivity contribution in [2.24, 2.45) is 0 Å². The van der Waals surface area contributed by atoms with Gasteiger partial charge in [-0.2, -0.15) is 0 Å². The predicted molar refractivity (Wildman–Crippen MR) is 170 cm³/mol. The molecule has 0 fully saturated rings. The molecule has 0 spiro atoms. The molecule has 0 aliphatic rings. The van der Waals surface area contributed by atoms with Crippen molar-refractivity contribution in [2.75, 3.05) is 5.32 Å². The minimum atomic E-state index is -1.14. The van der Waals surface area contributed by atoms with E-state index < -0.39 is 11.6 Å². The zero-order valence-corrected chi connectivity index (χ0v) is 23.6. The van der Waals surface area contributed by atoms with Gasteiger partial charge in [0.2, 0.25) is 0 Å². The molecule has 2 N–H and O–H groups in total. The van der Waals surface area contributed by atoms with Crippen molar-refractivity contribution in [1.82, 2.24) is 19.5 Å². The van der Waals surface area contributed by atoms with E-state index in [0.717, 1.165) is 22.1 Å². The highest BCUT2D eigenvalue weighted by molar-refractivity contribution is 5.90. The fraction of sp³-hybridized carbons (Fsp3) is 0.0541. The highest BCUT2D eigenvalue weighted by atomic mass is 19.1. The third-order valence-electron chi connectivity index (χ3n) is 7.84. The summed E-state index contributed by atoms with van der Waals surface area (Å²) in [4.78, 5) is 14.1. The van der Waals surface area contributed by atoms with Crippen molar-refractivity contribution in [2.45, 2.75) is 11.6 Å².